The monoisotopic (exact) mass is 279 g/mol. The number of aromatic nitrogens is 2. The van der Waals surface area contributed by atoms with Crippen molar-refractivity contribution in [2.45, 2.75) is 6.18 Å². The van der Waals surface area contributed by atoms with E-state index >= 15 is 0 Å². The Kier molecular flexibility index (Phi) is 4.97. The Morgan fingerprint density at radius 1 is 1.35 bits per heavy atom. The number of nitrogens with zero attached hydrogens (tertiary/aromatic N) is 2. The van der Waals surface area contributed by atoms with Crippen molar-refractivity contribution in [1.82, 2.24) is 9.97 Å². The van der Waals surface area contributed by atoms with Gasteiger partial charge in [-0.15, -0.1) is 0 Å². The van der Waals surface area contributed by atoms with Crippen LogP contribution in [0.25, 0.3) is 11.0 Å². The van der Waals surface area contributed by atoms with Gasteiger partial charge in [0.1, 0.15) is 12.4 Å². The van der Waals surface area contributed by atoms with Crippen molar-refractivity contribution in [1.29, 1.82) is 0 Å². The quantitative estimate of drug-likeness (QED) is 0.836. The molecule has 0 aromatic carbocycles. The molecule has 9 heteroatoms. The first-order valence-corrected chi connectivity index (χ1v) is 5.16. The van der Waals surface area contributed by atoms with Crippen LogP contribution in [-0.2, 0) is 0 Å². The Balaban J connectivity index is 0.00000200. The van der Waals surface area contributed by atoms with Crippen molar-refractivity contribution in [3.8, 4) is 0 Å². The first-order valence-electron chi connectivity index (χ1n) is 5.16. The van der Waals surface area contributed by atoms with Gasteiger partial charge in [0, 0.05) is 11.6 Å². The molecule has 0 saturated heterocycles. The molecule has 0 unspecified atom stereocenters. The molecule has 2 heterocycles. The molecule has 0 bridgehead atoms. The molecule has 2 rings (SSSR count). The standard InChI is InChI=1S/C11H8F3N3O2.Li.H/c12-11(13,14)5-16-8-2-1-6-3-7(10(18)19)4-15-9(6)17-8;;/h1-4H,5H2,(H,18,19)(H,15,16,17);;. The number of pyridine rings is 2. The topological polar surface area (TPSA) is 75.1 Å². The summed E-state index contributed by atoms with van der Waals surface area (Å²) in [5.41, 5.74) is 0.169. The zero-order valence-corrected chi connectivity index (χ0v) is 9.40. The average Bonchev–Trinajstić information content (AvgIpc) is 2.34. The summed E-state index contributed by atoms with van der Waals surface area (Å²) in [5.74, 6) is -1.10. The fourth-order valence-electron chi connectivity index (χ4n) is 1.42. The van der Waals surface area contributed by atoms with E-state index in [-0.39, 0.29) is 35.9 Å². The number of hydrogen-bond donors (Lipinski definition) is 2. The van der Waals surface area contributed by atoms with Gasteiger partial charge >= 0.3 is 31.0 Å². The Morgan fingerprint density at radius 2 is 2.05 bits per heavy atom. The third kappa shape index (κ3) is 4.11. The van der Waals surface area contributed by atoms with Crippen molar-refractivity contribution >= 4 is 41.7 Å². The van der Waals surface area contributed by atoms with E-state index in [1.54, 1.807) is 0 Å². The second kappa shape index (κ2) is 6.11. The molecule has 2 aromatic rings. The van der Waals surface area contributed by atoms with Crippen molar-refractivity contribution in [2.75, 3.05) is 11.9 Å². The molecule has 0 saturated carbocycles. The van der Waals surface area contributed by atoms with Gasteiger partial charge in [0.15, 0.2) is 5.65 Å². The number of anilines is 1. The van der Waals surface area contributed by atoms with Crippen LogP contribution in [0.4, 0.5) is 19.0 Å². The van der Waals surface area contributed by atoms with Gasteiger partial charge in [0.2, 0.25) is 0 Å². The van der Waals surface area contributed by atoms with Crippen LogP contribution in [0.2, 0.25) is 0 Å². The predicted octanol–water partition coefficient (Wildman–Crippen LogP) is 1.65. The van der Waals surface area contributed by atoms with Gasteiger partial charge in [-0.2, -0.15) is 13.2 Å². The normalized spacial score (nSPS) is 10.9. The van der Waals surface area contributed by atoms with Crippen LogP contribution in [0.15, 0.2) is 24.4 Å². The molecular formula is C11H9F3LiN3O2. The van der Waals surface area contributed by atoms with E-state index in [2.05, 4.69) is 15.3 Å². The predicted molar refractivity (Wildman–Crippen MR) is 68.2 cm³/mol. The van der Waals surface area contributed by atoms with E-state index in [9.17, 15) is 18.0 Å². The third-order valence-electron chi connectivity index (χ3n) is 2.26. The molecule has 0 atom stereocenters. The Hall–Kier alpha value is -1.78. The fraction of sp³-hybridized carbons (Fsp3) is 0.182. The second-order valence-corrected chi connectivity index (χ2v) is 3.74. The number of fused-ring (bicyclic) bond motifs is 1. The van der Waals surface area contributed by atoms with E-state index in [1.165, 1.54) is 18.2 Å². The van der Waals surface area contributed by atoms with Crippen LogP contribution < -0.4 is 5.32 Å². The number of carboxylic acid groups (broad SMARTS) is 1. The Morgan fingerprint density at radius 3 is 2.65 bits per heavy atom. The molecule has 0 fully saturated rings. The maximum absolute atomic E-state index is 12.0. The van der Waals surface area contributed by atoms with Crippen LogP contribution in [0.5, 0.6) is 0 Å². The molecule has 2 aromatic heterocycles. The van der Waals surface area contributed by atoms with Gasteiger partial charge in [0.25, 0.3) is 0 Å². The second-order valence-electron chi connectivity index (χ2n) is 3.74. The fourth-order valence-corrected chi connectivity index (χ4v) is 1.42. The van der Waals surface area contributed by atoms with E-state index < -0.39 is 18.7 Å². The van der Waals surface area contributed by atoms with E-state index in [0.717, 1.165) is 6.20 Å². The summed E-state index contributed by atoms with van der Waals surface area (Å²) in [6, 6.07) is 4.15. The molecule has 0 amide bonds. The van der Waals surface area contributed by atoms with E-state index in [1.807, 2.05) is 0 Å². The average molecular weight is 279 g/mol. The molecule has 0 radical (unpaired) electrons. The molecule has 0 spiro atoms. The summed E-state index contributed by atoms with van der Waals surface area (Å²) in [5, 5.41) is 11.3. The summed E-state index contributed by atoms with van der Waals surface area (Å²) >= 11 is 0. The van der Waals surface area contributed by atoms with Crippen LogP contribution in [0, 0.1) is 0 Å². The molecule has 20 heavy (non-hydrogen) atoms. The van der Waals surface area contributed by atoms with Crippen molar-refractivity contribution < 1.29 is 23.1 Å². The Labute approximate surface area is 123 Å². The summed E-state index contributed by atoms with van der Waals surface area (Å²) in [7, 11) is 0. The number of aromatic carboxylic acids is 1. The van der Waals surface area contributed by atoms with Crippen LogP contribution in [0.3, 0.4) is 0 Å². The zero-order chi connectivity index (χ0) is 14.0. The van der Waals surface area contributed by atoms with Gasteiger partial charge in [-0.05, 0) is 18.2 Å². The van der Waals surface area contributed by atoms with Crippen LogP contribution in [-0.4, -0.2) is 52.6 Å². The number of nitrogens with one attached hydrogen (secondary N) is 1. The number of rotatable bonds is 3. The van der Waals surface area contributed by atoms with Gasteiger partial charge in [-0.1, -0.05) is 0 Å². The van der Waals surface area contributed by atoms with Gasteiger partial charge in [-0.25, -0.2) is 14.8 Å². The molecule has 2 N–H and O–H groups in total. The molecule has 5 nitrogen and oxygen atoms in total. The SMILES string of the molecule is O=C(O)c1cnc2nc(NCC(F)(F)F)ccc2c1.[LiH]. The third-order valence-corrected chi connectivity index (χ3v) is 2.26. The first-order chi connectivity index (χ1) is 8.85. The van der Waals surface area contributed by atoms with Crippen molar-refractivity contribution in [3.63, 3.8) is 0 Å². The minimum absolute atomic E-state index is 0. The number of carboxylic acids is 1. The van der Waals surface area contributed by atoms with Gasteiger partial charge < -0.3 is 10.4 Å². The van der Waals surface area contributed by atoms with Gasteiger partial charge in [-0.3, -0.25) is 0 Å². The number of alkyl halides is 3. The zero-order valence-electron chi connectivity index (χ0n) is 9.40. The first kappa shape index (κ1) is 16.3. The summed E-state index contributed by atoms with van der Waals surface area (Å²) in [4.78, 5) is 18.4. The molecule has 0 aliphatic heterocycles. The van der Waals surface area contributed by atoms with E-state index in [0.29, 0.717) is 5.39 Å². The van der Waals surface area contributed by atoms with Gasteiger partial charge in [0.05, 0.1) is 5.56 Å². The van der Waals surface area contributed by atoms with Crippen LogP contribution in [0.1, 0.15) is 10.4 Å². The maximum atomic E-state index is 12.0. The van der Waals surface area contributed by atoms with Crippen molar-refractivity contribution in [3.05, 3.63) is 30.0 Å². The molecule has 0 aliphatic rings. The Bertz CT molecular complexity index is 634. The molecule has 0 aliphatic carbocycles. The number of halogens is 3. The van der Waals surface area contributed by atoms with Crippen molar-refractivity contribution in [2.24, 2.45) is 0 Å². The molecular weight excluding hydrogens is 270 g/mol. The number of hydrogen-bond acceptors (Lipinski definition) is 4. The minimum atomic E-state index is -4.34. The van der Waals surface area contributed by atoms with Crippen LogP contribution >= 0.6 is 0 Å². The number of carbonyl (C=O) groups is 1. The van der Waals surface area contributed by atoms with E-state index in [4.69, 9.17) is 5.11 Å². The summed E-state index contributed by atoms with van der Waals surface area (Å²) in [6.07, 6.45) is -3.23. The summed E-state index contributed by atoms with van der Waals surface area (Å²) in [6.45, 7) is -1.20. The molecule has 102 valence electrons. The summed E-state index contributed by atoms with van der Waals surface area (Å²) < 4.78 is 36.1.